The Labute approximate surface area is 184 Å². The summed E-state index contributed by atoms with van der Waals surface area (Å²) in [5.74, 6) is 0.206. The van der Waals surface area contributed by atoms with E-state index in [2.05, 4.69) is 16.2 Å². The highest BCUT2D eigenvalue weighted by atomic mass is 32.1. The van der Waals surface area contributed by atoms with Crippen molar-refractivity contribution in [2.45, 2.75) is 51.7 Å². The molecule has 8 heteroatoms. The molecule has 0 saturated carbocycles. The zero-order valence-electron chi connectivity index (χ0n) is 17.6. The number of likely N-dealkylation sites (tertiary alicyclic amines) is 1. The number of nitrogens with zero attached hydrogens (tertiary/aromatic N) is 3. The van der Waals surface area contributed by atoms with Gasteiger partial charge in [-0.3, -0.25) is 9.59 Å². The number of hydrogen-bond acceptors (Lipinski definition) is 7. The molecule has 0 spiro atoms. The van der Waals surface area contributed by atoms with E-state index in [0.717, 1.165) is 21.7 Å². The predicted octanol–water partition coefficient (Wildman–Crippen LogP) is 3.12. The van der Waals surface area contributed by atoms with Crippen LogP contribution in [0.5, 0.6) is 0 Å². The largest absolute Gasteiger partial charge is 0.391 e. The minimum atomic E-state index is -0.688. The summed E-state index contributed by atoms with van der Waals surface area (Å²) in [6.07, 6.45) is 0.522. The van der Waals surface area contributed by atoms with E-state index in [1.807, 2.05) is 30.6 Å². The van der Waals surface area contributed by atoms with Crippen LogP contribution in [0, 0.1) is 13.8 Å². The van der Waals surface area contributed by atoms with Crippen LogP contribution in [0.15, 0.2) is 40.4 Å². The fraction of sp³-hybridized carbons (Fsp3) is 0.391. The Balaban J connectivity index is 1.40. The van der Waals surface area contributed by atoms with Crippen LogP contribution in [0.1, 0.15) is 35.6 Å². The molecular weight excluding hydrogens is 414 g/mol. The molecule has 1 N–H and O–H groups in total. The van der Waals surface area contributed by atoms with E-state index in [4.69, 9.17) is 4.52 Å². The second kappa shape index (κ2) is 9.11. The van der Waals surface area contributed by atoms with Gasteiger partial charge in [-0.25, -0.2) is 4.98 Å². The van der Waals surface area contributed by atoms with Crippen molar-refractivity contribution in [3.05, 3.63) is 58.6 Å². The topological polar surface area (TPSA) is 96.5 Å². The van der Waals surface area contributed by atoms with Gasteiger partial charge in [-0.2, -0.15) is 0 Å². The molecule has 1 aliphatic heterocycles. The summed E-state index contributed by atoms with van der Waals surface area (Å²) in [6.45, 7) is 3.94. The van der Waals surface area contributed by atoms with Gasteiger partial charge in [-0.15, -0.1) is 11.3 Å². The van der Waals surface area contributed by atoms with Gasteiger partial charge in [-0.1, -0.05) is 29.4 Å². The molecule has 7 nitrogen and oxygen atoms in total. The maximum atomic E-state index is 13.0. The smallest absolute Gasteiger partial charge is 0.231 e. The van der Waals surface area contributed by atoms with Crippen LogP contribution in [0.2, 0.25) is 0 Å². The lowest BCUT2D eigenvalue weighted by Gasteiger charge is -2.23. The molecule has 0 radical (unpaired) electrons. The number of hydrogen-bond donors (Lipinski definition) is 1. The lowest BCUT2D eigenvalue weighted by molar-refractivity contribution is -0.137. The quantitative estimate of drug-likeness (QED) is 0.608. The number of thiazole rings is 1. The molecule has 2 aromatic heterocycles. The van der Waals surface area contributed by atoms with E-state index >= 15 is 0 Å². The fourth-order valence-corrected chi connectivity index (χ4v) is 4.83. The van der Waals surface area contributed by atoms with Crippen LogP contribution in [0.3, 0.4) is 0 Å². The van der Waals surface area contributed by atoms with Gasteiger partial charge >= 0.3 is 0 Å². The normalized spacial score (nSPS) is 18.5. The van der Waals surface area contributed by atoms with Gasteiger partial charge < -0.3 is 14.5 Å². The maximum Gasteiger partial charge on any atom is 0.231 e. The molecular formula is C23H25N3O4S. The number of aliphatic hydroxyl groups is 1. The number of aromatic nitrogens is 2. The highest BCUT2D eigenvalue weighted by molar-refractivity contribution is 7.13. The Morgan fingerprint density at radius 1 is 1.29 bits per heavy atom. The van der Waals surface area contributed by atoms with Gasteiger partial charge in [-0.05, 0) is 31.4 Å². The van der Waals surface area contributed by atoms with Crippen LogP contribution < -0.4 is 0 Å². The van der Waals surface area contributed by atoms with Gasteiger partial charge in [0, 0.05) is 25.5 Å². The summed E-state index contributed by atoms with van der Waals surface area (Å²) in [7, 11) is 0. The highest BCUT2D eigenvalue weighted by Gasteiger charge is 2.38. The van der Waals surface area contributed by atoms with E-state index < -0.39 is 12.1 Å². The molecule has 1 amide bonds. The summed E-state index contributed by atoms with van der Waals surface area (Å²) < 4.78 is 5.12. The highest BCUT2D eigenvalue weighted by Crippen LogP contribution is 2.28. The number of ketones is 1. The SMILES string of the molecule is Cc1cc(CC(=O)N2C[C@H](O)C[C@H]2C(=O)CCc2cccc(-c3scnc3C)c2)on1. The summed E-state index contributed by atoms with van der Waals surface area (Å²) in [6, 6.07) is 9.24. The number of aryl methyl sites for hydroxylation is 3. The molecule has 31 heavy (non-hydrogen) atoms. The van der Waals surface area contributed by atoms with E-state index in [1.54, 1.807) is 24.3 Å². The Kier molecular flexibility index (Phi) is 6.29. The van der Waals surface area contributed by atoms with Crippen molar-refractivity contribution in [3.8, 4) is 10.4 Å². The second-order valence-corrected chi connectivity index (χ2v) is 8.85. The fourth-order valence-electron chi connectivity index (χ4n) is 4.03. The zero-order valence-corrected chi connectivity index (χ0v) is 18.4. The van der Waals surface area contributed by atoms with Gasteiger partial charge in [0.05, 0.1) is 40.3 Å². The molecule has 2 atom stereocenters. The molecule has 0 unspecified atom stereocenters. The summed E-state index contributed by atoms with van der Waals surface area (Å²) in [4.78, 5) is 32.6. The molecule has 4 rings (SSSR count). The van der Waals surface area contributed by atoms with Gasteiger partial charge in [0.15, 0.2) is 5.78 Å². The Morgan fingerprint density at radius 3 is 2.84 bits per heavy atom. The second-order valence-electron chi connectivity index (χ2n) is 8.00. The average molecular weight is 440 g/mol. The molecule has 1 aromatic carbocycles. The number of amides is 1. The Hall–Kier alpha value is -2.84. The van der Waals surface area contributed by atoms with Crippen LogP contribution in [-0.2, 0) is 22.4 Å². The minimum Gasteiger partial charge on any atom is -0.391 e. The van der Waals surface area contributed by atoms with E-state index in [-0.39, 0.29) is 31.1 Å². The minimum absolute atomic E-state index is 0.0296. The lowest BCUT2D eigenvalue weighted by atomic mass is 9.99. The first-order chi connectivity index (χ1) is 14.9. The van der Waals surface area contributed by atoms with Gasteiger partial charge in [0.25, 0.3) is 0 Å². The molecule has 3 aromatic rings. The molecule has 162 valence electrons. The van der Waals surface area contributed by atoms with Crippen LogP contribution in [-0.4, -0.2) is 50.5 Å². The Morgan fingerprint density at radius 2 is 2.13 bits per heavy atom. The first-order valence-electron chi connectivity index (χ1n) is 10.3. The monoisotopic (exact) mass is 439 g/mol. The van der Waals surface area contributed by atoms with Crippen LogP contribution >= 0.6 is 11.3 Å². The predicted molar refractivity (Wildman–Crippen MR) is 117 cm³/mol. The lowest BCUT2D eigenvalue weighted by Crippen LogP contribution is -2.41. The number of benzene rings is 1. The number of Topliss-reactive ketones (excluding diaryl/α,β-unsaturated/α-hetero) is 1. The Bertz CT molecular complexity index is 1090. The van der Waals surface area contributed by atoms with Crippen molar-refractivity contribution in [1.82, 2.24) is 15.0 Å². The van der Waals surface area contributed by atoms with Crippen LogP contribution in [0.4, 0.5) is 0 Å². The molecule has 1 aliphatic rings. The standard InChI is InChI=1S/C23H25N3O4S/c1-14-8-19(30-25-14)11-22(29)26-12-18(27)10-20(26)21(28)7-6-16-4-3-5-17(9-16)23-15(2)24-13-31-23/h3-5,8-9,13,18,20,27H,6-7,10-12H2,1-2H3/t18-,20+/m1/s1. The number of carbonyl (C=O) groups excluding carboxylic acids is 2. The first kappa shape index (κ1) is 21.4. The third kappa shape index (κ3) is 4.91. The van der Waals surface area contributed by atoms with E-state index in [1.165, 1.54) is 4.90 Å². The summed E-state index contributed by atoms with van der Waals surface area (Å²) in [5, 5.41) is 13.9. The van der Waals surface area contributed by atoms with Crippen molar-refractivity contribution in [1.29, 1.82) is 0 Å². The summed E-state index contributed by atoms with van der Waals surface area (Å²) >= 11 is 1.60. The van der Waals surface area contributed by atoms with Gasteiger partial charge in [0.2, 0.25) is 5.91 Å². The third-order valence-electron chi connectivity index (χ3n) is 5.57. The van der Waals surface area contributed by atoms with Crippen molar-refractivity contribution in [2.24, 2.45) is 0 Å². The third-order valence-corrected chi connectivity index (χ3v) is 6.55. The van der Waals surface area contributed by atoms with Crippen molar-refractivity contribution in [3.63, 3.8) is 0 Å². The molecule has 1 fully saturated rings. The van der Waals surface area contributed by atoms with Crippen molar-refractivity contribution in [2.75, 3.05) is 6.54 Å². The number of β-amino-alcohol motifs (C(OH)–C–C–N with tert-alkyl or cyclic N) is 1. The zero-order chi connectivity index (χ0) is 22.0. The van der Waals surface area contributed by atoms with E-state index in [0.29, 0.717) is 24.3 Å². The maximum absolute atomic E-state index is 13.0. The van der Waals surface area contributed by atoms with E-state index in [9.17, 15) is 14.7 Å². The molecule has 1 saturated heterocycles. The summed E-state index contributed by atoms with van der Waals surface area (Å²) in [5.41, 5.74) is 5.69. The van der Waals surface area contributed by atoms with Crippen LogP contribution in [0.25, 0.3) is 10.4 Å². The van der Waals surface area contributed by atoms with Crippen molar-refractivity contribution >= 4 is 23.0 Å². The van der Waals surface area contributed by atoms with Gasteiger partial charge in [0.1, 0.15) is 5.76 Å². The average Bonchev–Trinajstić information content (AvgIpc) is 3.46. The van der Waals surface area contributed by atoms with Crippen molar-refractivity contribution < 1.29 is 19.2 Å². The molecule has 3 heterocycles. The number of aliphatic hydroxyl groups excluding tert-OH is 1. The number of rotatable bonds is 7. The number of carbonyl (C=O) groups is 2. The molecule has 0 bridgehead atoms. The first-order valence-corrected chi connectivity index (χ1v) is 11.2. The molecule has 0 aliphatic carbocycles.